The normalized spacial score (nSPS) is 11.8. The van der Waals surface area contributed by atoms with E-state index in [1.165, 1.54) is 11.3 Å². The number of aryl methyl sites for hydroxylation is 1. The van der Waals surface area contributed by atoms with E-state index in [-0.39, 0.29) is 18.2 Å². The first kappa shape index (κ1) is 19.5. The quantitative estimate of drug-likeness (QED) is 0.677. The summed E-state index contributed by atoms with van der Waals surface area (Å²) in [5.41, 5.74) is 0.777. The number of halogens is 1. The predicted octanol–water partition coefficient (Wildman–Crippen LogP) is 2.72. The van der Waals surface area contributed by atoms with Crippen LogP contribution >= 0.6 is 27.3 Å². The van der Waals surface area contributed by atoms with Crippen molar-refractivity contribution < 1.29 is 9.59 Å². The molecule has 2 amide bonds. The second-order valence-electron chi connectivity index (χ2n) is 5.44. The second-order valence-corrected chi connectivity index (χ2v) is 7.42. The van der Waals surface area contributed by atoms with E-state index in [1.807, 2.05) is 19.9 Å². The minimum atomic E-state index is -0.605. The van der Waals surface area contributed by atoms with Crippen molar-refractivity contribution in [3.8, 4) is 0 Å². The van der Waals surface area contributed by atoms with E-state index in [9.17, 15) is 9.59 Å². The van der Waals surface area contributed by atoms with Gasteiger partial charge in [0.05, 0.1) is 6.42 Å². The highest BCUT2D eigenvalue weighted by molar-refractivity contribution is 9.10. The van der Waals surface area contributed by atoms with Crippen LogP contribution in [-0.4, -0.2) is 33.0 Å². The average Bonchev–Trinajstić information content (AvgIpc) is 3.02. The fourth-order valence-electron chi connectivity index (χ4n) is 2.18. The summed E-state index contributed by atoms with van der Waals surface area (Å²) in [4.78, 5) is 28.7. The molecule has 2 rings (SSSR count). The molecule has 9 heteroatoms. The van der Waals surface area contributed by atoms with Crippen LogP contribution in [0.1, 0.15) is 37.3 Å². The maximum Gasteiger partial charge on any atom is 0.248 e. The van der Waals surface area contributed by atoms with Crippen molar-refractivity contribution in [2.45, 2.75) is 45.6 Å². The monoisotopic (exact) mass is 425 g/mol. The van der Waals surface area contributed by atoms with Gasteiger partial charge in [0, 0.05) is 16.9 Å². The van der Waals surface area contributed by atoms with E-state index >= 15 is 0 Å². The molecule has 0 saturated carbocycles. The summed E-state index contributed by atoms with van der Waals surface area (Å²) in [6, 6.07) is 1.22. The highest BCUT2D eigenvalue weighted by atomic mass is 79.9. The van der Waals surface area contributed by atoms with E-state index in [4.69, 9.17) is 0 Å². The Kier molecular flexibility index (Phi) is 7.45. The fraction of sp³-hybridized carbons (Fsp3) is 0.438. The summed E-state index contributed by atoms with van der Waals surface area (Å²) in [6.45, 7) is 3.94. The number of carbonyl (C=O) groups excluding carboxylic acids is 2. The van der Waals surface area contributed by atoms with Crippen LogP contribution in [0.4, 0.5) is 5.13 Å². The summed E-state index contributed by atoms with van der Waals surface area (Å²) in [5.74, 6) is -0.499. The summed E-state index contributed by atoms with van der Waals surface area (Å²) < 4.78 is 0.809. The lowest BCUT2D eigenvalue weighted by atomic mass is 10.1. The molecule has 0 spiro atoms. The summed E-state index contributed by atoms with van der Waals surface area (Å²) in [5, 5.41) is 14.7. The number of rotatable bonds is 8. The van der Waals surface area contributed by atoms with Crippen LogP contribution in [0, 0.1) is 0 Å². The molecule has 2 aromatic rings. The number of aromatic nitrogens is 3. The molecule has 0 bridgehead atoms. The molecule has 0 aliphatic heterocycles. The lowest BCUT2D eigenvalue weighted by molar-refractivity contribution is -0.126. The Morgan fingerprint density at radius 2 is 2.08 bits per heavy atom. The van der Waals surface area contributed by atoms with Gasteiger partial charge in [-0.3, -0.25) is 19.9 Å². The highest BCUT2D eigenvalue weighted by Gasteiger charge is 2.21. The van der Waals surface area contributed by atoms with Gasteiger partial charge in [0.15, 0.2) is 0 Å². The number of carbonyl (C=O) groups is 2. The molecule has 0 aromatic carbocycles. The average molecular weight is 426 g/mol. The molecular weight excluding hydrogens is 406 g/mol. The molecular formula is C16H20BrN5O2S. The first-order valence-electron chi connectivity index (χ1n) is 8.03. The third kappa shape index (κ3) is 6.17. The van der Waals surface area contributed by atoms with Gasteiger partial charge in [-0.25, -0.2) is 0 Å². The van der Waals surface area contributed by atoms with Gasteiger partial charge in [-0.15, -0.1) is 10.2 Å². The molecule has 0 fully saturated rings. The minimum Gasteiger partial charge on any atom is -0.344 e. The number of hydrogen-bond donors (Lipinski definition) is 2. The number of nitrogens with one attached hydrogen (secondary N) is 2. The van der Waals surface area contributed by atoms with E-state index in [0.717, 1.165) is 27.9 Å². The number of amides is 2. The molecule has 1 unspecified atom stereocenters. The maximum atomic E-state index is 12.4. The van der Waals surface area contributed by atoms with Crippen molar-refractivity contribution in [3.05, 3.63) is 33.5 Å². The van der Waals surface area contributed by atoms with Gasteiger partial charge in [0.2, 0.25) is 16.9 Å². The minimum absolute atomic E-state index is 0.165. The first-order chi connectivity index (χ1) is 12.0. The van der Waals surface area contributed by atoms with E-state index in [1.54, 1.807) is 12.4 Å². The largest absolute Gasteiger partial charge is 0.344 e. The molecule has 7 nitrogen and oxygen atoms in total. The van der Waals surface area contributed by atoms with Gasteiger partial charge in [0.25, 0.3) is 0 Å². The van der Waals surface area contributed by atoms with Gasteiger partial charge in [0.1, 0.15) is 11.0 Å². The van der Waals surface area contributed by atoms with Crippen molar-refractivity contribution in [1.82, 2.24) is 20.5 Å². The zero-order chi connectivity index (χ0) is 18.2. The summed E-state index contributed by atoms with van der Waals surface area (Å²) >= 11 is 4.67. The molecule has 134 valence electrons. The van der Waals surface area contributed by atoms with E-state index in [2.05, 4.69) is 41.7 Å². The number of nitrogens with zero attached hydrogens (tertiary/aromatic N) is 3. The van der Waals surface area contributed by atoms with Crippen molar-refractivity contribution >= 4 is 44.2 Å². The second kappa shape index (κ2) is 9.57. The van der Waals surface area contributed by atoms with Crippen LogP contribution in [0.3, 0.4) is 0 Å². The lowest BCUT2D eigenvalue weighted by Gasteiger charge is -2.17. The summed E-state index contributed by atoms with van der Waals surface area (Å²) in [7, 11) is 0. The van der Waals surface area contributed by atoms with Gasteiger partial charge in [-0.2, -0.15) is 0 Å². The Hall–Kier alpha value is -1.87. The number of hydrogen-bond acceptors (Lipinski definition) is 6. The van der Waals surface area contributed by atoms with Crippen molar-refractivity contribution in [1.29, 1.82) is 0 Å². The third-order valence-electron chi connectivity index (χ3n) is 3.35. The molecule has 2 heterocycles. The molecule has 0 saturated heterocycles. The van der Waals surface area contributed by atoms with Crippen molar-refractivity contribution in [3.63, 3.8) is 0 Å². The smallest absolute Gasteiger partial charge is 0.248 e. The Morgan fingerprint density at radius 3 is 2.72 bits per heavy atom. The Balaban J connectivity index is 1.96. The maximum absolute atomic E-state index is 12.4. The standard InChI is InChI=1S/C16H20BrN5O2S/c1-3-5-12(15(24)20-16-22-21-14(4-2)25-16)19-13(23)7-10-6-11(17)9-18-8-10/h6,8-9,12H,3-5,7H2,1-2H3,(H,19,23)(H,20,22,24). The first-order valence-corrected chi connectivity index (χ1v) is 9.64. The lowest BCUT2D eigenvalue weighted by Crippen LogP contribution is -2.44. The van der Waals surface area contributed by atoms with Crippen LogP contribution in [0.15, 0.2) is 22.9 Å². The van der Waals surface area contributed by atoms with Gasteiger partial charge >= 0.3 is 0 Å². The highest BCUT2D eigenvalue weighted by Crippen LogP contribution is 2.16. The molecule has 1 atom stereocenters. The Morgan fingerprint density at radius 1 is 1.28 bits per heavy atom. The van der Waals surface area contributed by atoms with Crippen LogP contribution in [-0.2, 0) is 22.4 Å². The zero-order valence-corrected chi connectivity index (χ0v) is 16.5. The topological polar surface area (TPSA) is 96.9 Å². The predicted molar refractivity (Wildman–Crippen MR) is 100 cm³/mol. The fourth-order valence-corrected chi connectivity index (χ4v) is 3.27. The van der Waals surface area contributed by atoms with Crippen molar-refractivity contribution in [2.75, 3.05) is 5.32 Å². The number of anilines is 1. The Labute approximate surface area is 158 Å². The molecule has 0 aliphatic carbocycles. The van der Waals surface area contributed by atoms with E-state index in [0.29, 0.717) is 11.6 Å². The van der Waals surface area contributed by atoms with Crippen LogP contribution in [0.2, 0.25) is 0 Å². The van der Waals surface area contributed by atoms with Crippen molar-refractivity contribution in [2.24, 2.45) is 0 Å². The third-order valence-corrected chi connectivity index (χ3v) is 4.77. The molecule has 25 heavy (non-hydrogen) atoms. The molecule has 2 N–H and O–H groups in total. The zero-order valence-electron chi connectivity index (χ0n) is 14.1. The van der Waals surface area contributed by atoms with E-state index < -0.39 is 6.04 Å². The van der Waals surface area contributed by atoms with Gasteiger partial charge in [-0.05, 0) is 40.4 Å². The number of pyridine rings is 1. The molecule has 0 radical (unpaired) electrons. The summed E-state index contributed by atoms with van der Waals surface area (Å²) in [6.07, 6.45) is 5.54. The van der Waals surface area contributed by atoms with Crippen LogP contribution in [0.5, 0.6) is 0 Å². The Bertz CT molecular complexity index is 737. The molecule has 0 aliphatic rings. The van der Waals surface area contributed by atoms with Crippen LogP contribution < -0.4 is 10.6 Å². The molecule has 2 aromatic heterocycles. The van der Waals surface area contributed by atoms with Crippen LogP contribution in [0.25, 0.3) is 0 Å². The van der Waals surface area contributed by atoms with Gasteiger partial charge in [-0.1, -0.05) is 31.6 Å². The SMILES string of the molecule is CCCC(NC(=O)Cc1cncc(Br)c1)C(=O)Nc1nnc(CC)s1. The van der Waals surface area contributed by atoms with Gasteiger partial charge < -0.3 is 5.32 Å².